The number of aliphatic imine (C=N–C) groups is 2. The molecular formula is C35H66N4O6. The maximum absolute atomic E-state index is 14.1. The van der Waals surface area contributed by atoms with Gasteiger partial charge in [-0.15, -0.1) is 0 Å². The number of nitrogens with zero attached hydrogens (tertiary/aromatic N) is 3. The standard InChI is InChI=1S/C35H66N4O6/c1-16-32(8,9)33(10,11)30(41)35(13,18-3)44-25(4)27(40)34(12,17-2)45-26(23-38-31(5,6)7)24-43-29(37-15)28(36-14)39-19-21-42-22-20-39/h25-26,38H,16-24H2,1-15H3/b36-28+,37-29+. The molecule has 1 N–H and O–H groups in total. The lowest BCUT2D eigenvalue weighted by Crippen LogP contribution is -2.56. The van der Waals surface area contributed by atoms with E-state index in [1.54, 1.807) is 27.9 Å². The third-order valence-electron chi connectivity index (χ3n) is 9.91. The summed E-state index contributed by atoms with van der Waals surface area (Å²) in [7, 11) is 3.40. The van der Waals surface area contributed by atoms with Gasteiger partial charge >= 0.3 is 0 Å². The van der Waals surface area contributed by atoms with Gasteiger partial charge in [-0.2, -0.15) is 0 Å². The van der Waals surface area contributed by atoms with Crippen molar-refractivity contribution in [3.63, 3.8) is 0 Å². The van der Waals surface area contributed by atoms with Crippen LogP contribution in [0.25, 0.3) is 0 Å². The average molecular weight is 639 g/mol. The normalized spacial score (nSPS) is 19.8. The van der Waals surface area contributed by atoms with Gasteiger partial charge in [0.05, 0.1) is 13.2 Å². The highest BCUT2D eigenvalue weighted by atomic mass is 16.6. The quantitative estimate of drug-likeness (QED) is 0.174. The van der Waals surface area contributed by atoms with Gasteiger partial charge in [0, 0.05) is 44.7 Å². The van der Waals surface area contributed by atoms with E-state index >= 15 is 0 Å². The van der Waals surface area contributed by atoms with Gasteiger partial charge in [-0.1, -0.05) is 54.9 Å². The largest absolute Gasteiger partial charge is 0.472 e. The van der Waals surface area contributed by atoms with E-state index < -0.39 is 28.8 Å². The van der Waals surface area contributed by atoms with Gasteiger partial charge in [0.1, 0.15) is 30.0 Å². The summed E-state index contributed by atoms with van der Waals surface area (Å²) in [6.45, 7) is 28.9. The summed E-state index contributed by atoms with van der Waals surface area (Å²) in [5, 5.41) is 3.49. The van der Waals surface area contributed by atoms with Gasteiger partial charge < -0.3 is 29.2 Å². The second kappa shape index (κ2) is 16.8. The molecule has 0 amide bonds. The van der Waals surface area contributed by atoms with Crippen molar-refractivity contribution in [3.8, 4) is 0 Å². The number of Topliss-reactive ketones (excluding diaryl/α,β-unsaturated/α-hetero) is 2. The summed E-state index contributed by atoms with van der Waals surface area (Å²) in [6, 6.07) is 0. The van der Waals surface area contributed by atoms with Crippen molar-refractivity contribution < 1.29 is 28.5 Å². The molecule has 10 nitrogen and oxygen atoms in total. The molecule has 0 aromatic heterocycles. The van der Waals surface area contributed by atoms with E-state index in [1.807, 2.05) is 34.6 Å². The number of ether oxygens (including phenoxy) is 4. The molecule has 1 heterocycles. The van der Waals surface area contributed by atoms with Crippen molar-refractivity contribution in [1.82, 2.24) is 10.2 Å². The van der Waals surface area contributed by atoms with Crippen molar-refractivity contribution in [2.45, 2.75) is 138 Å². The maximum atomic E-state index is 14.1. The van der Waals surface area contributed by atoms with E-state index in [1.165, 1.54) is 0 Å². The van der Waals surface area contributed by atoms with Gasteiger partial charge in [0.25, 0.3) is 5.90 Å². The van der Waals surface area contributed by atoms with E-state index in [4.69, 9.17) is 18.9 Å². The van der Waals surface area contributed by atoms with Crippen LogP contribution in [0, 0.1) is 10.8 Å². The number of hydrogen-bond acceptors (Lipinski definition) is 9. The molecule has 10 heteroatoms. The molecule has 1 aliphatic heterocycles. The Bertz CT molecular complexity index is 1030. The van der Waals surface area contributed by atoms with Crippen LogP contribution < -0.4 is 5.32 Å². The third-order valence-corrected chi connectivity index (χ3v) is 9.91. The van der Waals surface area contributed by atoms with Crippen molar-refractivity contribution in [2.75, 3.05) is 53.6 Å². The Morgan fingerprint density at radius 1 is 0.844 bits per heavy atom. The monoisotopic (exact) mass is 638 g/mol. The van der Waals surface area contributed by atoms with E-state index in [0.717, 1.165) is 6.42 Å². The number of ketones is 2. The maximum Gasteiger partial charge on any atom is 0.252 e. The fourth-order valence-corrected chi connectivity index (χ4v) is 5.37. The highest BCUT2D eigenvalue weighted by Crippen LogP contribution is 2.45. The van der Waals surface area contributed by atoms with Gasteiger partial charge in [0.15, 0.2) is 17.4 Å². The predicted octanol–water partition coefficient (Wildman–Crippen LogP) is 5.51. The van der Waals surface area contributed by atoms with Gasteiger partial charge in [0.2, 0.25) is 0 Å². The van der Waals surface area contributed by atoms with Gasteiger partial charge in [-0.05, 0) is 59.8 Å². The van der Waals surface area contributed by atoms with Crippen molar-refractivity contribution in [1.29, 1.82) is 0 Å². The first-order valence-electron chi connectivity index (χ1n) is 16.8. The van der Waals surface area contributed by atoms with E-state index in [2.05, 4.69) is 61.7 Å². The van der Waals surface area contributed by atoms with Crippen LogP contribution in [0.5, 0.6) is 0 Å². The lowest BCUT2D eigenvalue weighted by molar-refractivity contribution is -0.181. The number of rotatable bonds is 16. The van der Waals surface area contributed by atoms with Gasteiger partial charge in [-0.3, -0.25) is 19.6 Å². The molecule has 0 aromatic rings. The van der Waals surface area contributed by atoms with Crippen LogP contribution >= 0.6 is 0 Å². The highest BCUT2D eigenvalue weighted by molar-refractivity contribution is 6.37. The zero-order valence-electron chi connectivity index (χ0n) is 31.3. The fourth-order valence-electron chi connectivity index (χ4n) is 5.37. The molecule has 0 radical (unpaired) electrons. The van der Waals surface area contributed by atoms with Crippen molar-refractivity contribution >= 4 is 23.3 Å². The van der Waals surface area contributed by atoms with Crippen LogP contribution in [0.2, 0.25) is 0 Å². The zero-order chi connectivity index (χ0) is 34.9. The topological polar surface area (TPSA) is 111 Å². The molecule has 0 bridgehead atoms. The minimum absolute atomic E-state index is 0.00353. The molecule has 45 heavy (non-hydrogen) atoms. The Balaban J connectivity index is 3.24. The molecule has 262 valence electrons. The first-order valence-corrected chi connectivity index (χ1v) is 16.8. The van der Waals surface area contributed by atoms with Crippen LogP contribution in [0.1, 0.15) is 109 Å². The summed E-state index contributed by atoms with van der Waals surface area (Å²) >= 11 is 0. The average Bonchev–Trinajstić information content (AvgIpc) is 3.00. The van der Waals surface area contributed by atoms with Crippen LogP contribution in [-0.4, -0.2) is 111 Å². The van der Waals surface area contributed by atoms with Gasteiger partial charge in [-0.25, -0.2) is 0 Å². The summed E-state index contributed by atoms with van der Waals surface area (Å²) in [4.78, 5) is 39.1. The van der Waals surface area contributed by atoms with Crippen LogP contribution in [0.15, 0.2) is 9.98 Å². The molecule has 1 fully saturated rings. The number of nitrogens with one attached hydrogen (secondary N) is 1. The summed E-state index contributed by atoms with van der Waals surface area (Å²) in [5.41, 5.74) is -3.38. The van der Waals surface area contributed by atoms with Crippen LogP contribution in [0.4, 0.5) is 0 Å². The Morgan fingerprint density at radius 3 is 1.84 bits per heavy atom. The Morgan fingerprint density at radius 2 is 1.40 bits per heavy atom. The lowest BCUT2D eigenvalue weighted by Gasteiger charge is -2.45. The highest BCUT2D eigenvalue weighted by Gasteiger charge is 2.51. The minimum atomic E-state index is -1.18. The predicted molar refractivity (Wildman–Crippen MR) is 183 cm³/mol. The first kappa shape index (κ1) is 41.1. The first-order chi connectivity index (χ1) is 20.7. The Labute approximate surface area is 274 Å². The second-order valence-corrected chi connectivity index (χ2v) is 14.8. The molecule has 0 spiro atoms. The van der Waals surface area contributed by atoms with Crippen molar-refractivity contribution in [3.05, 3.63) is 0 Å². The SMILES string of the molecule is CCC(C)(OC(CNC(C)(C)C)COC(=N/C)/C(=N\C)N1CCOCC1)C(=O)C(C)OC(C)(CC)C(=O)C(C)(C)C(C)(C)CC. The molecule has 4 atom stereocenters. The summed E-state index contributed by atoms with van der Waals surface area (Å²) in [6.07, 6.45) is 0.353. The van der Waals surface area contributed by atoms with E-state index in [0.29, 0.717) is 57.4 Å². The molecule has 0 saturated carbocycles. The molecule has 4 unspecified atom stereocenters. The number of carbonyl (C=O) groups excluding carboxylic acids is 2. The fraction of sp³-hybridized carbons (Fsp3) is 0.886. The molecule has 1 rings (SSSR count). The molecule has 0 aliphatic carbocycles. The molecular weight excluding hydrogens is 572 g/mol. The molecule has 1 aliphatic rings. The smallest absolute Gasteiger partial charge is 0.252 e. The Hall–Kier alpha value is -1.88. The van der Waals surface area contributed by atoms with E-state index in [-0.39, 0.29) is 29.1 Å². The summed E-state index contributed by atoms with van der Waals surface area (Å²) in [5.74, 6) is 0.875. The minimum Gasteiger partial charge on any atom is -0.472 e. The van der Waals surface area contributed by atoms with E-state index in [9.17, 15) is 9.59 Å². The van der Waals surface area contributed by atoms with Crippen LogP contribution in [0.3, 0.4) is 0 Å². The third kappa shape index (κ3) is 10.8. The lowest BCUT2D eigenvalue weighted by atomic mass is 9.61. The molecule has 0 aromatic carbocycles. The summed E-state index contributed by atoms with van der Waals surface area (Å²) < 4.78 is 24.8. The Kier molecular flexibility index (Phi) is 15.4. The number of carbonyl (C=O) groups is 2. The molecule has 1 saturated heterocycles. The van der Waals surface area contributed by atoms with Crippen LogP contribution in [-0.2, 0) is 28.5 Å². The zero-order valence-corrected chi connectivity index (χ0v) is 31.3. The number of hydrogen-bond donors (Lipinski definition) is 1. The number of morpholine rings is 1. The second-order valence-electron chi connectivity index (χ2n) is 14.8. The number of amidine groups is 1. The van der Waals surface area contributed by atoms with Crippen molar-refractivity contribution in [2.24, 2.45) is 20.8 Å².